The van der Waals surface area contributed by atoms with Crippen LogP contribution in [-0.2, 0) is 22.5 Å². The molecule has 6 N–H and O–H groups in total. The molecule has 2 fully saturated rings. The van der Waals surface area contributed by atoms with E-state index in [9.17, 15) is 30.0 Å². The minimum Gasteiger partial charge on any atom is -0.510 e. The van der Waals surface area contributed by atoms with Gasteiger partial charge in [0.15, 0.2) is 11.4 Å². The second kappa shape index (κ2) is 7.53. The summed E-state index contributed by atoms with van der Waals surface area (Å²) in [7, 11) is 5.19. The molecule has 11 heteroatoms. The van der Waals surface area contributed by atoms with Crippen molar-refractivity contribution < 1.29 is 39.1 Å². The first-order valence-corrected chi connectivity index (χ1v) is 12.4. The number of hydrogen-bond donors (Lipinski definition) is 5. The van der Waals surface area contributed by atoms with E-state index in [-0.39, 0.29) is 47.4 Å². The maximum Gasteiger partial charge on any atom is 0.253 e. The molecule has 1 saturated carbocycles. The van der Waals surface area contributed by atoms with Crippen LogP contribution in [0.3, 0.4) is 0 Å². The number of phenolic OH excluding ortho intramolecular Hbond substituents is 1. The van der Waals surface area contributed by atoms with Gasteiger partial charge in [-0.25, -0.2) is 4.39 Å². The second-order valence-corrected chi connectivity index (χ2v) is 11.2. The highest BCUT2D eigenvalue weighted by molar-refractivity contribution is 6.13. The second-order valence-electron chi connectivity index (χ2n) is 11.2. The number of Topliss-reactive ketones (excluding diaryl/α,β-unsaturated/α-hetero) is 1. The van der Waals surface area contributed by atoms with E-state index in [1.165, 1.54) is 6.07 Å². The van der Waals surface area contributed by atoms with Gasteiger partial charge in [-0.05, 0) is 58.8 Å². The van der Waals surface area contributed by atoms with Crippen molar-refractivity contribution in [3.05, 3.63) is 51.2 Å². The summed E-state index contributed by atoms with van der Waals surface area (Å²) in [4.78, 5) is 29.5. The molecular formula is C26H30FN3O7. The molecule has 6 rings (SSSR count). The Morgan fingerprint density at radius 1 is 1.24 bits per heavy atom. The third kappa shape index (κ3) is 2.99. The summed E-state index contributed by atoms with van der Waals surface area (Å²) in [6.07, 6.45) is 2.23. The zero-order chi connectivity index (χ0) is 26.8. The molecule has 4 aliphatic carbocycles. The lowest BCUT2D eigenvalue weighted by Crippen LogP contribution is -2.57. The number of phenols is 1. The van der Waals surface area contributed by atoms with Crippen molar-refractivity contribution in [1.29, 1.82) is 0 Å². The fraction of sp³-hybridized carbons (Fsp3) is 0.538. The van der Waals surface area contributed by atoms with Crippen LogP contribution < -0.4 is 5.73 Å². The summed E-state index contributed by atoms with van der Waals surface area (Å²) in [6.45, 7) is 0.286. The Morgan fingerprint density at radius 2 is 1.92 bits per heavy atom. The number of aliphatic hydroxyl groups is 3. The van der Waals surface area contributed by atoms with Gasteiger partial charge >= 0.3 is 0 Å². The highest BCUT2D eigenvalue weighted by Crippen LogP contribution is 2.68. The highest BCUT2D eigenvalue weighted by Gasteiger charge is 2.84. The van der Waals surface area contributed by atoms with E-state index in [2.05, 4.69) is 0 Å². The Morgan fingerprint density at radius 3 is 2.51 bits per heavy atom. The molecule has 5 aliphatic rings. The number of nitrogens with two attached hydrogens (primary N) is 1. The molecule has 37 heavy (non-hydrogen) atoms. The molecular weight excluding hydrogens is 485 g/mol. The summed E-state index contributed by atoms with van der Waals surface area (Å²) in [5.41, 5.74) is 3.06. The average Bonchev–Trinajstić information content (AvgIpc) is 3.70. The number of primary amides is 1. The Kier molecular flexibility index (Phi) is 4.96. The molecule has 1 heterocycles. The van der Waals surface area contributed by atoms with Crippen molar-refractivity contribution in [2.75, 3.05) is 21.1 Å². The van der Waals surface area contributed by atoms with Gasteiger partial charge < -0.3 is 30.9 Å². The van der Waals surface area contributed by atoms with Crippen molar-refractivity contribution in [1.82, 2.24) is 9.80 Å². The fourth-order valence-corrected chi connectivity index (χ4v) is 6.99. The number of benzene rings is 1. The number of nitrogens with zero attached hydrogens (tertiary/aromatic N) is 2. The number of likely N-dealkylation sites (N-methyl/N-ethyl adjacent to an activating group) is 1. The van der Waals surface area contributed by atoms with Crippen molar-refractivity contribution in [3.8, 4) is 5.75 Å². The van der Waals surface area contributed by atoms with E-state index >= 15 is 4.39 Å². The number of carbonyl (C=O) groups is 2. The van der Waals surface area contributed by atoms with E-state index in [4.69, 9.17) is 10.5 Å². The average molecular weight is 516 g/mol. The van der Waals surface area contributed by atoms with Crippen LogP contribution in [-0.4, -0.2) is 86.5 Å². The van der Waals surface area contributed by atoms with E-state index in [0.29, 0.717) is 6.04 Å². The molecule has 1 saturated heterocycles. The topological polar surface area (TPSA) is 160 Å². The van der Waals surface area contributed by atoms with Gasteiger partial charge in [0.25, 0.3) is 5.91 Å². The highest BCUT2D eigenvalue weighted by atomic mass is 19.1. The molecule has 0 radical (unpaired) electrons. The predicted molar refractivity (Wildman–Crippen MR) is 127 cm³/mol. The number of allylic oxidation sites excluding steroid dienone is 1. The van der Waals surface area contributed by atoms with Gasteiger partial charge in [-0.15, -0.1) is 0 Å². The maximum atomic E-state index is 15.8. The van der Waals surface area contributed by atoms with E-state index in [0.717, 1.165) is 12.8 Å². The summed E-state index contributed by atoms with van der Waals surface area (Å²) < 4.78 is 21.4. The van der Waals surface area contributed by atoms with E-state index in [1.54, 1.807) is 19.0 Å². The smallest absolute Gasteiger partial charge is 0.253 e. The van der Waals surface area contributed by atoms with Crippen LogP contribution in [0.1, 0.15) is 40.7 Å². The van der Waals surface area contributed by atoms with Gasteiger partial charge in [-0.3, -0.25) is 19.4 Å². The first kappa shape index (κ1) is 24.4. The molecule has 10 nitrogen and oxygen atoms in total. The van der Waals surface area contributed by atoms with Gasteiger partial charge in [0.2, 0.25) is 5.79 Å². The molecule has 0 aromatic heterocycles. The quantitative estimate of drug-likeness (QED) is 0.361. The molecule has 1 aromatic carbocycles. The summed E-state index contributed by atoms with van der Waals surface area (Å²) in [5, 5.41) is 44.5. The maximum absolute atomic E-state index is 15.8. The third-order valence-electron chi connectivity index (χ3n) is 8.83. The van der Waals surface area contributed by atoms with Gasteiger partial charge in [0, 0.05) is 35.2 Å². The third-order valence-corrected chi connectivity index (χ3v) is 8.83. The van der Waals surface area contributed by atoms with Crippen LogP contribution in [0.5, 0.6) is 5.75 Å². The Labute approximate surface area is 212 Å². The monoisotopic (exact) mass is 515 g/mol. The number of aromatic hydroxyl groups is 1. The number of rotatable bonds is 5. The number of ketones is 1. The molecule has 1 aromatic rings. The van der Waals surface area contributed by atoms with Crippen LogP contribution >= 0.6 is 0 Å². The van der Waals surface area contributed by atoms with E-state index < -0.39 is 63.9 Å². The van der Waals surface area contributed by atoms with Crippen molar-refractivity contribution in [2.45, 2.75) is 55.7 Å². The fourth-order valence-electron chi connectivity index (χ4n) is 6.99. The van der Waals surface area contributed by atoms with Crippen LogP contribution in [0.15, 0.2) is 28.7 Å². The molecule has 0 bridgehead atoms. The summed E-state index contributed by atoms with van der Waals surface area (Å²) in [6, 6.07) is 0.755. The Bertz CT molecular complexity index is 1340. The molecule has 5 atom stereocenters. The summed E-state index contributed by atoms with van der Waals surface area (Å²) >= 11 is 0. The zero-order valence-electron chi connectivity index (χ0n) is 20.8. The van der Waals surface area contributed by atoms with Crippen LogP contribution in [0, 0.1) is 17.7 Å². The SMILES string of the molecule is CN(Cc1cc(O)c2c(c1F)C[C@H]1C[C@H]3[C@H](N(C)C)C(O)=C(C(N)=O)C4(O)O[C@]34C(O)=C1C2=O)C1CC1. The van der Waals surface area contributed by atoms with Crippen molar-refractivity contribution in [2.24, 2.45) is 17.6 Å². The number of amides is 1. The van der Waals surface area contributed by atoms with Crippen LogP contribution in [0.25, 0.3) is 0 Å². The lowest BCUT2D eigenvalue weighted by Gasteiger charge is -2.45. The molecule has 198 valence electrons. The molecule has 1 aliphatic heterocycles. The normalized spacial score (nSPS) is 34.4. The summed E-state index contributed by atoms with van der Waals surface area (Å²) in [5.74, 6) is -7.71. The van der Waals surface area contributed by atoms with Crippen molar-refractivity contribution in [3.63, 3.8) is 0 Å². The number of hydrogen-bond acceptors (Lipinski definition) is 9. The van der Waals surface area contributed by atoms with Gasteiger partial charge in [0.05, 0.1) is 11.6 Å². The first-order chi connectivity index (χ1) is 17.3. The largest absolute Gasteiger partial charge is 0.510 e. The number of aliphatic hydroxyl groups excluding tert-OH is 2. The van der Waals surface area contributed by atoms with Crippen LogP contribution in [0.2, 0.25) is 0 Å². The lowest BCUT2D eigenvalue weighted by atomic mass is 9.60. The number of carbonyl (C=O) groups excluding carboxylic acids is 2. The number of fused-ring (bicyclic) bond motifs is 2. The molecule has 1 amide bonds. The number of ether oxygens (including phenoxy) is 1. The lowest BCUT2D eigenvalue weighted by molar-refractivity contribution is -0.117. The predicted octanol–water partition coefficient (Wildman–Crippen LogP) is 1.01. The first-order valence-electron chi connectivity index (χ1n) is 12.4. The number of halogens is 1. The minimum absolute atomic E-state index is 0.0269. The van der Waals surface area contributed by atoms with Gasteiger partial charge in [0.1, 0.15) is 28.7 Å². The molecule has 1 unspecified atom stereocenters. The van der Waals surface area contributed by atoms with Gasteiger partial charge in [-0.1, -0.05) is 0 Å². The van der Waals surface area contributed by atoms with Crippen LogP contribution in [0.4, 0.5) is 4.39 Å². The van der Waals surface area contributed by atoms with E-state index in [1.807, 2.05) is 11.9 Å². The Balaban J connectivity index is 1.48. The standard InChI is InChI=1S/C26H30FN3O7/c1-29(2)20-14-7-10-6-13-17(15(31)8-11(19(13)27)9-30(3)12-4-5-12)21(32)16(10)23(34)25(14)26(36,37-25)18(22(20)33)24(28)35/h8,10,12,14,20,31,33-34,36H,4-7,9H2,1-3H3,(H2,28,35)/t10-,14-,20-,25-,26?/m0/s1. The Hall–Kier alpha value is -2.99. The molecule has 1 spiro atoms. The van der Waals surface area contributed by atoms with Crippen molar-refractivity contribution >= 4 is 11.7 Å². The number of epoxide rings is 1. The van der Waals surface area contributed by atoms with Gasteiger partial charge in [-0.2, -0.15) is 0 Å². The zero-order valence-corrected chi connectivity index (χ0v) is 20.8. The minimum atomic E-state index is -2.41.